The van der Waals surface area contributed by atoms with Gasteiger partial charge in [-0.15, -0.1) is 24.0 Å². The lowest BCUT2D eigenvalue weighted by Crippen LogP contribution is -2.48. The van der Waals surface area contributed by atoms with Gasteiger partial charge in [0.25, 0.3) is 0 Å². The van der Waals surface area contributed by atoms with Crippen molar-refractivity contribution in [1.29, 1.82) is 0 Å². The number of esters is 1. The summed E-state index contributed by atoms with van der Waals surface area (Å²) >= 11 is 0. The first-order valence-corrected chi connectivity index (χ1v) is 7.85. The highest BCUT2D eigenvalue weighted by atomic mass is 127. The van der Waals surface area contributed by atoms with Crippen molar-refractivity contribution in [2.24, 2.45) is 4.99 Å². The van der Waals surface area contributed by atoms with Crippen LogP contribution in [0, 0.1) is 6.92 Å². The molecule has 1 aromatic rings. The molecule has 1 unspecified atom stereocenters. The van der Waals surface area contributed by atoms with Gasteiger partial charge in [0.1, 0.15) is 6.10 Å². The first-order chi connectivity index (χ1) is 11.2. The predicted molar refractivity (Wildman–Crippen MR) is 105 cm³/mol. The molecule has 0 aliphatic carbocycles. The number of carbonyl (C=O) groups is 1. The Labute approximate surface area is 160 Å². The second kappa shape index (κ2) is 10.5. The average molecular weight is 447 g/mol. The third kappa shape index (κ3) is 5.62. The Morgan fingerprint density at radius 1 is 1.46 bits per heavy atom. The van der Waals surface area contributed by atoms with Crippen LogP contribution in [0.4, 0.5) is 0 Å². The number of halogens is 1. The zero-order valence-electron chi connectivity index (χ0n) is 14.4. The maximum absolute atomic E-state index is 11.2. The van der Waals surface area contributed by atoms with Crippen molar-refractivity contribution in [1.82, 2.24) is 10.2 Å². The van der Waals surface area contributed by atoms with Crippen LogP contribution in [0.1, 0.15) is 23.7 Å². The number of nitrogens with zero attached hydrogens (tertiary/aromatic N) is 2. The van der Waals surface area contributed by atoms with Crippen molar-refractivity contribution in [3.63, 3.8) is 0 Å². The van der Waals surface area contributed by atoms with E-state index < -0.39 is 0 Å². The number of aryl methyl sites for hydroxylation is 1. The van der Waals surface area contributed by atoms with Gasteiger partial charge < -0.3 is 19.7 Å². The van der Waals surface area contributed by atoms with E-state index in [1.165, 1.54) is 18.2 Å². The molecule has 1 aliphatic heterocycles. The fourth-order valence-electron chi connectivity index (χ4n) is 2.69. The van der Waals surface area contributed by atoms with Crippen molar-refractivity contribution in [2.45, 2.75) is 19.4 Å². The van der Waals surface area contributed by atoms with Crippen LogP contribution in [0.3, 0.4) is 0 Å². The summed E-state index contributed by atoms with van der Waals surface area (Å²) in [5.74, 6) is 0.559. The van der Waals surface area contributed by atoms with Gasteiger partial charge >= 0.3 is 5.97 Å². The third-order valence-corrected chi connectivity index (χ3v) is 3.95. The maximum atomic E-state index is 11.2. The van der Waals surface area contributed by atoms with Crippen LogP contribution in [-0.4, -0.2) is 57.2 Å². The molecule has 0 saturated carbocycles. The van der Waals surface area contributed by atoms with E-state index in [2.05, 4.69) is 39.0 Å². The minimum Gasteiger partial charge on any atom is -0.469 e. The van der Waals surface area contributed by atoms with Crippen LogP contribution in [0.2, 0.25) is 0 Å². The molecule has 1 fully saturated rings. The van der Waals surface area contributed by atoms with Gasteiger partial charge in [0, 0.05) is 20.1 Å². The molecule has 24 heavy (non-hydrogen) atoms. The molecule has 0 amide bonds. The number of rotatable bonds is 4. The molecule has 1 N–H and O–H groups in total. The first-order valence-electron chi connectivity index (χ1n) is 7.85. The normalized spacial score (nSPS) is 17.9. The molecule has 134 valence electrons. The molecule has 7 heteroatoms. The summed E-state index contributed by atoms with van der Waals surface area (Å²) in [5.41, 5.74) is 2.44. The van der Waals surface area contributed by atoms with E-state index in [0.717, 1.165) is 19.0 Å². The van der Waals surface area contributed by atoms with Gasteiger partial charge in [-0.05, 0) is 18.1 Å². The predicted octanol–water partition coefficient (Wildman–Crippen LogP) is 2.12. The van der Waals surface area contributed by atoms with Gasteiger partial charge in [0.2, 0.25) is 0 Å². The van der Waals surface area contributed by atoms with Crippen molar-refractivity contribution in [3.8, 4) is 0 Å². The minimum absolute atomic E-state index is 0. The largest absolute Gasteiger partial charge is 0.469 e. The number of guanidine groups is 1. The summed E-state index contributed by atoms with van der Waals surface area (Å²) in [6, 6.07) is 8.28. The van der Waals surface area contributed by atoms with E-state index in [-0.39, 0.29) is 36.0 Å². The number of nitrogens with one attached hydrogen (secondary N) is 1. The molecule has 1 heterocycles. The van der Waals surface area contributed by atoms with E-state index in [9.17, 15) is 4.79 Å². The summed E-state index contributed by atoms with van der Waals surface area (Å²) in [4.78, 5) is 17.7. The number of hydrogen-bond acceptors (Lipinski definition) is 4. The highest BCUT2D eigenvalue weighted by molar-refractivity contribution is 14.0. The Kier molecular flexibility index (Phi) is 9.05. The minimum atomic E-state index is -0.229. The van der Waals surface area contributed by atoms with E-state index >= 15 is 0 Å². The van der Waals surface area contributed by atoms with E-state index in [4.69, 9.17) is 4.74 Å². The lowest BCUT2D eigenvalue weighted by atomic mass is 10.0. The number of carbonyl (C=O) groups excluding carboxylic acids is 1. The monoisotopic (exact) mass is 447 g/mol. The maximum Gasteiger partial charge on any atom is 0.307 e. The Morgan fingerprint density at radius 2 is 2.21 bits per heavy atom. The summed E-state index contributed by atoms with van der Waals surface area (Å²) in [6.07, 6.45) is 0.352. The van der Waals surface area contributed by atoms with E-state index in [1.807, 2.05) is 12.1 Å². The first kappa shape index (κ1) is 20.7. The van der Waals surface area contributed by atoms with Crippen molar-refractivity contribution in [3.05, 3.63) is 35.4 Å². The molecule has 0 bridgehead atoms. The Morgan fingerprint density at radius 3 is 2.88 bits per heavy atom. The van der Waals surface area contributed by atoms with E-state index in [0.29, 0.717) is 19.6 Å². The van der Waals surface area contributed by atoms with Gasteiger partial charge in [0.05, 0.1) is 26.7 Å². The topological polar surface area (TPSA) is 63.2 Å². The second-order valence-corrected chi connectivity index (χ2v) is 5.46. The molecular formula is C17H26IN3O3. The summed E-state index contributed by atoms with van der Waals surface area (Å²) in [7, 11) is 3.14. The van der Waals surface area contributed by atoms with Crippen molar-refractivity contribution in [2.75, 3.05) is 40.4 Å². The Bertz CT molecular complexity index is 566. The van der Waals surface area contributed by atoms with Gasteiger partial charge in [-0.2, -0.15) is 0 Å². The fraction of sp³-hybridized carbons (Fsp3) is 0.529. The molecule has 1 atom stereocenters. The molecule has 0 spiro atoms. The number of benzene rings is 1. The number of methoxy groups -OCH3 is 1. The van der Waals surface area contributed by atoms with Crippen LogP contribution in [0.5, 0.6) is 0 Å². The van der Waals surface area contributed by atoms with Gasteiger partial charge in [-0.3, -0.25) is 9.79 Å². The van der Waals surface area contributed by atoms with E-state index in [1.54, 1.807) is 7.05 Å². The van der Waals surface area contributed by atoms with Crippen LogP contribution in [0.15, 0.2) is 29.3 Å². The second-order valence-electron chi connectivity index (χ2n) is 5.46. The number of aliphatic imine (C=N–C) groups is 1. The third-order valence-electron chi connectivity index (χ3n) is 3.95. The Hall–Kier alpha value is -1.35. The van der Waals surface area contributed by atoms with Gasteiger partial charge in [0.15, 0.2) is 5.96 Å². The smallest absolute Gasteiger partial charge is 0.307 e. The molecular weight excluding hydrogens is 421 g/mol. The molecule has 1 aliphatic rings. The van der Waals surface area contributed by atoms with Crippen LogP contribution in [0.25, 0.3) is 0 Å². The highest BCUT2D eigenvalue weighted by Gasteiger charge is 2.25. The highest BCUT2D eigenvalue weighted by Crippen LogP contribution is 2.24. The quantitative estimate of drug-likeness (QED) is 0.332. The molecule has 1 saturated heterocycles. The zero-order valence-corrected chi connectivity index (χ0v) is 16.8. The number of ether oxygens (including phenoxy) is 2. The molecule has 6 nitrogen and oxygen atoms in total. The van der Waals surface area contributed by atoms with Gasteiger partial charge in [-0.1, -0.05) is 24.3 Å². The fourth-order valence-corrected chi connectivity index (χ4v) is 2.69. The summed E-state index contributed by atoms with van der Waals surface area (Å²) in [6.45, 7) is 4.77. The molecule has 0 aromatic heterocycles. The van der Waals surface area contributed by atoms with Crippen LogP contribution in [-0.2, 0) is 14.3 Å². The average Bonchev–Trinajstić information content (AvgIpc) is 2.59. The van der Waals surface area contributed by atoms with Crippen molar-refractivity contribution >= 4 is 35.9 Å². The van der Waals surface area contributed by atoms with Crippen molar-refractivity contribution < 1.29 is 14.3 Å². The standard InChI is InChI=1S/C17H25N3O3.HI/c1-13-6-4-5-7-14(13)15-12-20(10-11-23-15)17(18-2)19-9-8-16(21)22-3;/h4-7,15H,8-12H2,1-3H3,(H,18,19);1H. The zero-order chi connectivity index (χ0) is 16.7. The lowest BCUT2D eigenvalue weighted by Gasteiger charge is -2.35. The molecule has 1 aromatic carbocycles. The number of morpholine rings is 1. The number of hydrogen-bond donors (Lipinski definition) is 1. The lowest BCUT2D eigenvalue weighted by molar-refractivity contribution is -0.140. The summed E-state index contributed by atoms with van der Waals surface area (Å²) in [5, 5.41) is 3.21. The van der Waals surface area contributed by atoms with Crippen LogP contribution >= 0.6 is 24.0 Å². The SMILES string of the molecule is CN=C(NCCC(=O)OC)N1CCOC(c2ccccc2C)C1.I. The molecule has 2 rings (SSSR count). The van der Waals surface area contributed by atoms with Crippen LogP contribution < -0.4 is 5.32 Å². The molecule has 0 radical (unpaired) electrons. The van der Waals surface area contributed by atoms with Gasteiger partial charge in [-0.25, -0.2) is 0 Å². The summed E-state index contributed by atoms with van der Waals surface area (Å²) < 4.78 is 10.6. The Balaban J connectivity index is 0.00000288.